The fourth-order valence-electron chi connectivity index (χ4n) is 2.82. The molecule has 3 rings (SSSR count). The van der Waals surface area contributed by atoms with Crippen LogP contribution >= 0.6 is 11.8 Å². The van der Waals surface area contributed by atoms with Crippen LogP contribution in [-0.2, 0) is 4.79 Å². The number of hydrogen-bond donors (Lipinski definition) is 1. The van der Waals surface area contributed by atoms with Crippen LogP contribution in [-0.4, -0.2) is 21.2 Å². The molecule has 27 heavy (non-hydrogen) atoms. The molecule has 1 amide bonds. The number of fused-ring (bicyclic) bond motifs is 1. The first-order valence-electron chi connectivity index (χ1n) is 8.98. The highest BCUT2D eigenvalue weighted by Crippen LogP contribution is 2.22. The molecule has 1 aromatic carbocycles. The van der Waals surface area contributed by atoms with Crippen LogP contribution < -0.4 is 10.9 Å². The molecule has 1 N–H and O–H groups in total. The second kappa shape index (κ2) is 8.43. The van der Waals surface area contributed by atoms with Gasteiger partial charge < -0.3 is 9.73 Å². The third-order valence-electron chi connectivity index (χ3n) is 4.49. The van der Waals surface area contributed by atoms with Crippen LogP contribution in [0.25, 0.3) is 10.9 Å². The average molecular weight is 385 g/mol. The Balaban J connectivity index is 1.81. The summed E-state index contributed by atoms with van der Waals surface area (Å²) in [6, 6.07) is 10.7. The molecule has 0 spiro atoms. The number of nitrogens with zero attached hydrogens (tertiary/aromatic N) is 2. The average Bonchev–Trinajstić information content (AvgIpc) is 3.21. The van der Waals surface area contributed by atoms with E-state index in [1.807, 2.05) is 45.0 Å². The number of para-hydroxylation sites is 1. The first-order valence-corrected chi connectivity index (χ1v) is 9.96. The zero-order valence-corrected chi connectivity index (χ0v) is 16.5. The van der Waals surface area contributed by atoms with E-state index in [4.69, 9.17) is 4.42 Å². The van der Waals surface area contributed by atoms with Gasteiger partial charge in [-0.1, -0.05) is 30.8 Å². The second-order valence-corrected chi connectivity index (χ2v) is 7.38. The standard InChI is InChI=1S/C20H23N3O3S/c1-4-13(2)23-19(25)15-8-5-6-9-16(15)22-20(23)27-12-18(24)21-14(3)17-10-7-11-26-17/h5-11,13-14H,4,12H2,1-3H3,(H,21,24)/t13-,14-/m1/s1. The molecule has 0 aliphatic carbocycles. The number of carbonyl (C=O) groups excluding carboxylic acids is 1. The number of hydrogen-bond acceptors (Lipinski definition) is 5. The Morgan fingerprint density at radius 1 is 1.26 bits per heavy atom. The molecular weight excluding hydrogens is 362 g/mol. The predicted molar refractivity (Wildman–Crippen MR) is 107 cm³/mol. The Labute approximate surface area is 162 Å². The van der Waals surface area contributed by atoms with Gasteiger partial charge in [-0.2, -0.15) is 0 Å². The highest BCUT2D eigenvalue weighted by molar-refractivity contribution is 7.99. The molecule has 7 heteroatoms. The number of benzene rings is 1. The quantitative estimate of drug-likeness (QED) is 0.492. The summed E-state index contributed by atoms with van der Waals surface area (Å²) in [6.07, 6.45) is 2.38. The molecule has 0 radical (unpaired) electrons. The Morgan fingerprint density at radius 2 is 2.04 bits per heavy atom. The van der Waals surface area contributed by atoms with Crippen LogP contribution in [0.1, 0.15) is 45.0 Å². The van der Waals surface area contributed by atoms with E-state index in [0.29, 0.717) is 21.8 Å². The fraction of sp³-hybridized carbons (Fsp3) is 0.350. The molecular formula is C20H23N3O3S. The molecule has 0 unspecified atom stereocenters. The van der Waals surface area contributed by atoms with Crippen molar-refractivity contribution in [2.45, 2.75) is 44.4 Å². The lowest BCUT2D eigenvalue weighted by atomic mass is 10.2. The summed E-state index contributed by atoms with van der Waals surface area (Å²) in [4.78, 5) is 29.9. The van der Waals surface area contributed by atoms with Gasteiger partial charge in [-0.15, -0.1) is 0 Å². The van der Waals surface area contributed by atoms with Crippen molar-refractivity contribution in [3.8, 4) is 0 Å². The Hall–Kier alpha value is -2.54. The lowest BCUT2D eigenvalue weighted by Gasteiger charge is -2.18. The van der Waals surface area contributed by atoms with Gasteiger partial charge in [0.25, 0.3) is 5.56 Å². The first kappa shape index (κ1) is 19.2. The molecule has 2 aromatic heterocycles. The summed E-state index contributed by atoms with van der Waals surface area (Å²) in [5.74, 6) is 0.738. The lowest BCUT2D eigenvalue weighted by Crippen LogP contribution is -2.29. The van der Waals surface area contributed by atoms with Crippen LogP contribution in [0.2, 0.25) is 0 Å². The number of rotatable bonds is 7. The van der Waals surface area contributed by atoms with E-state index >= 15 is 0 Å². The van der Waals surface area contributed by atoms with Crippen molar-refractivity contribution in [2.75, 3.05) is 5.75 Å². The van der Waals surface area contributed by atoms with Gasteiger partial charge in [0.15, 0.2) is 5.16 Å². The molecule has 0 saturated carbocycles. The van der Waals surface area contributed by atoms with E-state index in [2.05, 4.69) is 10.3 Å². The molecule has 0 fully saturated rings. The zero-order chi connectivity index (χ0) is 19.4. The van der Waals surface area contributed by atoms with Gasteiger partial charge in [0.05, 0.1) is 29.0 Å². The number of aromatic nitrogens is 2. The number of carbonyl (C=O) groups is 1. The highest BCUT2D eigenvalue weighted by atomic mass is 32.2. The molecule has 0 saturated heterocycles. The number of amides is 1. The number of furan rings is 1. The molecule has 3 aromatic rings. The minimum absolute atomic E-state index is 0.00205. The van der Waals surface area contributed by atoms with Crippen LogP contribution in [0.5, 0.6) is 0 Å². The van der Waals surface area contributed by atoms with Crippen molar-refractivity contribution in [1.82, 2.24) is 14.9 Å². The summed E-state index contributed by atoms with van der Waals surface area (Å²) in [5, 5.41) is 4.06. The van der Waals surface area contributed by atoms with E-state index in [9.17, 15) is 9.59 Å². The normalized spacial score (nSPS) is 13.4. The van der Waals surface area contributed by atoms with E-state index in [0.717, 1.165) is 6.42 Å². The minimum atomic E-state index is -0.213. The third kappa shape index (κ3) is 4.24. The summed E-state index contributed by atoms with van der Waals surface area (Å²) in [6.45, 7) is 5.88. The minimum Gasteiger partial charge on any atom is -0.467 e. The number of nitrogens with one attached hydrogen (secondary N) is 1. The van der Waals surface area contributed by atoms with E-state index in [-0.39, 0.29) is 29.3 Å². The van der Waals surface area contributed by atoms with Crippen LogP contribution in [0, 0.1) is 0 Å². The number of thioether (sulfide) groups is 1. The predicted octanol–water partition coefficient (Wildman–Crippen LogP) is 3.93. The molecule has 142 valence electrons. The lowest BCUT2D eigenvalue weighted by molar-refractivity contribution is -0.119. The van der Waals surface area contributed by atoms with Gasteiger partial charge >= 0.3 is 0 Å². The molecule has 0 aliphatic rings. The smallest absolute Gasteiger partial charge is 0.262 e. The van der Waals surface area contributed by atoms with Gasteiger partial charge in [-0.25, -0.2) is 4.98 Å². The summed E-state index contributed by atoms with van der Waals surface area (Å²) >= 11 is 1.28. The van der Waals surface area contributed by atoms with Crippen molar-refractivity contribution in [3.05, 3.63) is 58.8 Å². The third-order valence-corrected chi connectivity index (χ3v) is 5.44. The van der Waals surface area contributed by atoms with Gasteiger partial charge in [-0.3, -0.25) is 14.2 Å². The van der Waals surface area contributed by atoms with Crippen LogP contribution in [0.3, 0.4) is 0 Å². The van der Waals surface area contributed by atoms with E-state index in [1.165, 1.54) is 11.8 Å². The second-order valence-electron chi connectivity index (χ2n) is 6.44. The van der Waals surface area contributed by atoms with Crippen molar-refractivity contribution < 1.29 is 9.21 Å². The monoisotopic (exact) mass is 385 g/mol. The first-order chi connectivity index (χ1) is 13.0. The summed E-state index contributed by atoms with van der Waals surface area (Å²) < 4.78 is 7.00. The maximum Gasteiger partial charge on any atom is 0.262 e. The molecule has 6 nitrogen and oxygen atoms in total. The van der Waals surface area contributed by atoms with Crippen LogP contribution in [0.4, 0.5) is 0 Å². The maximum atomic E-state index is 12.9. The van der Waals surface area contributed by atoms with Crippen LogP contribution in [0.15, 0.2) is 57.0 Å². The summed E-state index contributed by atoms with van der Waals surface area (Å²) in [7, 11) is 0. The van der Waals surface area contributed by atoms with Gasteiger partial charge in [0.2, 0.25) is 5.91 Å². The largest absolute Gasteiger partial charge is 0.467 e. The Bertz CT molecular complexity index is 982. The molecule has 2 heterocycles. The maximum absolute atomic E-state index is 12.9. The van der Waals surface area contributed by atoms with Crippen molar-refractivity contribution in [2.24, 2.45) is 0 Å². The fourth-order valence-corrected chi connectivity index (χ4v) is 3.73. The Morgan fingerprint density at radius 3 is 2.74 bits per heavy atom. The van der Waals surface area contributed by atoms with Gasteiger partial charge in [-0.05, 0) is 44.5 Å². The molecule has 0 bridgehead atoms. The van der Waals surface area contributed by atoms with Crippen molar-refractivity contribution >= 4 is 28.6 Å². The topological polar surface area (TPSA) is 77.1 Å². The van der Waals surface area contributed by atoms with E-state index in [1.54, 1.807) is 23.0 Å². The highest BCUT2D eigenvalue weighted by Gasteiger charge is 2.18. The van der Waals surface area contributed by atoms with Gasteiger partial charge in [0.1, 0.15) is 5.76 Å². The Kier molecular flexibility index (Phi) is 6.01. The van der Waals surface area contributed by atoms with E-state index < -0.39 is 0 Å². The summed E-state index contributed by atoms with van der Waals surface area (Å²) in [5.41, 5.74) is 0.579. The van der Waals surface area contributed by atoms with Crippen molar-refractivity contribution in [1.29, 1.82) is 0 Å². The molecule has 2 atom stereocenters. The van der Waals surface area contributed by atoms with Crippen molar-refractivity contribution in [3.63, 3.8) is 0 Å². The SMILES string of the molecule is CC[C@@H](C)n1c(SCC(=O)N[C@H](C)c2ccco2)nc2ccccc2c1=O. The molecule has 0 aliphatic heterocycles. The van der Waals surface area contributed by atoms with Gasteiger partial charge in [0, 0.05) is 6.04 Å². The zero-order valence-electron chi connectivity index (χ0n) is 15.6.